The molecule has 0 aromatic carbocycles. The number of imidazole rings is 1. The Morgan fingerprint density at radius 2 is 2.22 bits per heavy atom. The van der Waals surface area contributed by atoms with Gasteiger partial charge in [-0.05, 0) is 35.4 Å². The maximum absolute atomic E-state index is 11.2. The number of H-pyrrole nitrogens is 1. The first-order chi connectivity index (χ1) is 8.30. The first-order valence-corrected chi connectivity index (χ1v) is 7.14. The lowest BCUT2D eigenvalue weighted by molar-refractivity contribution is 0.138. The summed E-state index contributed by atoms with van der Waals surface area (Å²) in [5.41, 5.74) is 1.07. The first kappa shape index (κ1) is 13.6. The van der Waals surface area contributed by atoms with E-state index in [1.807, 2.05) is 0 Å². The molecule has 0 bridgehead atoms. The number of rotatable bonds is 1. The van der Waals surface area contributed by atoms with Gasteiger partial charge in [0.2, 0.25) is 0 Å². The molecule has 1 aromatic heterocycles. The average Bonchev–Trinajstić information content (AvgIpc) is 2.80. The Labute approximate surface area is 120 Å². The summed E-state index contributed by atoms with van der Waals surface area (Å²) in [4.78, 5) is 20.5. The number of hydrogen-bond acceptors (Lipinski definition) is 2. The molecule has 0 spiro atoms. The minimum Gasteiger partial charge on any atom is -0.465 e. The fraction of sp³-hybridized carbons (Fsp3) is 0.667. The molecule has 2 heterocycles. The number of nitrogens with one attached hydrogen (secondary N) is 1. The van der Waals surface area contributed by atoms with Gasteiger partial charge in [0, 0.05) is 12.0 Å². The molecule has 0 radical (unpaired) electrons. The number of likely N-dealkylation sites (tertiary alicyclic amines) is 1. The zero-order valence-corrected chi connectivity index (χ0v) is 13.0. The molecule has 0 saturated carbocycles. The van der Waals surface area contributed by atoms with Gasteiger partial charge < -0.3 is 10.1 Å². The van der Waals surface area contributed by atoms with Crippen LogP contribution in [0.25, 0.3) is 0 Å². The van der Waals surface area contributed by atoms with Crippen LogP contribution >= 0.6 is 22.6 Å². The molecule has 18 heavy (non-hydrogen) atoms. The molecule has 6 heteroatoms. The van der Waals surface area contributed by atoms with Crippen molar-refractivity contribution < 1.29 is 9.90 Å². The third kappa shape index (κ3) is 2.48. The van der Waals surface area contributed by atoms with Crippen LogP contribution < -0.4 is 0 Å². The van der Waals surface area contributed by atoms with Crippen molar-refractivity contribution in [1.82, 2.24) is 14.9 Å². The number of nitrogens with zero attached hydrogens (tertiary/aromatic N) is 2. The molecule has 0 aliphatic carbocycles. The van der Waals surface area contributed by atoms with Crippen molar-refractivity contribution in [3.63, 3.8) is 0 Å². The highest BCUT2D eigenvalue weighted by Crippen LogP contribution is 2.33. The van der Waals surface area contributed by atoms with Crippen LogP contribution in [0.1, 0.15) is 51.2 Å². The third-order valence-corrected chi connectivity index (χ3v) is 4.02. The van der Waals surface area contributed by atoms with E-state index in [4.69, 9.17) is 5.11 Å². The molecule has 100 valence electrons. The molecule has 5 nitrogen and oxygen atoms in total. The average molecular weight is 363 g/mol. The van der Waals surface area contributed by atoms with Crippen molar-refractivity contribution in [3.05, 3.63) is 15.2 Å². The van der Waals surface area contributed by atoms with E-state index in [1.165, 1.54) is 4.90 Å². The number of carbonyl (C=O) groups is 1. The molecule has 1 unspecified atom stereocenters. The van der Waals surface area contributed by atoms with Crippen LogP contribution in [0.4, 0.5) is 4.79 Å². The van der Waals surface area contributed by atoms with E-state index >= 15 is 0 Å². The minimum absolute atomic E-state index is 0.00552. The lowest BCUT2D eigenvalue weighted by atomic mass is 9.93. The van der Waals surface area contributed by atoms with Gasteiger partial charge in [0.25, 0.3) is 0 Å². The predicted molar refractivity (Wildman–Crippen MR) is 76.7 cm³/mol. The predicted octanol–water partition coefficient (Wildman–Crippen LogP) is 3.13. The Kier molecular flexibility index (Phi) is 3.57. The van der Waals surface area contributed by atoms with E-state index in [0.29, 0.717) is 6.54 Å². The Bertz CT molecular complexity index is 464. The molecule has 2 N–H and O–H groups in total. The number of halogens is 1. The summed E-state index contributed by atoms with van der Waals surface area (Å²) in [5, 5.41) is 9.16. The van der Waals surface area contributed by atoms with E-state index in [2.05, 4.69) is 53.3 Å². The van der Waals surface area contributed by atoms with Crippen LogP contribution in [0.5, 0.6) is 0 Å². The first-order valence-electron chi connectivity index (χ1n) is 6.06. The lowest BCUT2D eigenvalue weighted by Gasteiger charge is -2.20. The summed E-state index contributed by atoms with van der Waals surface area (Å²) < 4.78 is 0.937. The molecule has 1 aliphatic heterocycles. The van der Waals surface area contributed by atoms with E-state index in [9.17, 15) is 4.79 Å². The van der Waals surface area contributed by atoms with Gasteiger partial charge in [0.1, 0.15) is 9.53 Å². The van der Waals surface area contributed by atoms with Crippen molar-refractivity contribution in [3.8, 4) is 0 Å². The Morgan fingerprint density at radius 1 is 1.56 bits per heavy atom. The molecular formula is C12H18IN3O2. The van der Waals surface area contributed by atoms with Gasteiger partial charge in [-0.3, -0.25) is 4.90 Å². The van der Waals surface area contributed by atoms with Crippen molar-refractivity contribution in [2.75, 3.05) is 6.54 Å². The van der Waals surface area contributed by atoms with Crippen molar-refractivity contribution in [2.24, 2.45) is 0 Å². The van der Waals surface area contributed by atoms with Crippen LogP contribution in [0.2, 0.25) is 0 Å². The summed E-state index contributed by atoms with van der Waals surface area (Å²) in [6.07, 6.45) is 0.889. The van der Waals surface area contributed by atoms with E-state index in [-0.39, 0.29) is 11.5 Å². The summed E-state index contributed by atoms with van der Waals surface area (Å²) in [7, 11) is 0. The Hall–Kier alpha value is -0.790. The van der Waals surface area contributed by atoms with Crippen LogP contribution in [0, 0.1) is 3.70 Å². The summed E-state index contributed by atoms with van der Waals surface area (Å²) in [6, 6.07) is -0.118. The third-order valence-electron chi connectivity index (χ3n) is 3.24. The van der Waals surface area contributed by atoms with E-state index in [1.54, 1.807) is 0 Å². The van der Waals surface area contributed by atoms with Gasteiger partial charge in [-0.1, -0.05) is 20.8 Å². The van der Waals surface area contributed by atoms with Crippen molar-refractivity contribution >= 4 is 28.7 Å². The maximum atomic E-state index is 11.2. The normalized spacial score (nSPS) is 20.4. The zero-order chi connectivity index (χ0) is 13.5. The highest BCUT2D eigenvalue weighted by atomic mass is 127. The Balaban J connectivity index is 2.32. The molecule has 1 atom stereocenters. The number of amides is 1. The van der Waals surface area contributed by atoms with Gasteiger partial charge >= 0.3 is 6.09 Å². The smallest absolute Gasteiger partial charge is 0.407 e. The van der Waals surface area contributed by atoms with Gasteiger partial charge in [0.15, 0.2) is 0 Å². The van der Waals surface area contributed by atoms with Crippen LogP contribution in [0.15, 0.2) is 0 Å². The van der Waals surface area contributed by atoms with Gasteiger partial charge in [-0.2, -0.15) is 0 Å². The van der Waals surface area contributed by atoms with Crippen LogP contribution in [-0.4, -0.2) is 32.6 Å². The largest absolute Gasteiger partial charge is 0.465 e. The second kappa shape index (κ2) is 4.71. The standard InChI is InChI=1S/C12H18IN3O2/c1-12(2,3)8-9(13)15-10(14-8)7-5-4-6-16(7)11(17)18/h7H,4-6H2,1-3H3,(H,14,15)(H,17,18). The topological polar surface area (TPSA) is 69.2 Å². The van der Waals surface area contributed by atoms with Crippen molar-refractivity contribution in [1.29, 1.82) is 0 Å². The molecule has 2 rings (SSSR count). The summed E-state index contributed by atoms with van der Waals surface area (Å²) >= 11 is 2.21. The second-order valence-corrected chi connectivity index (χ2v) is 6.69. The van der Waals surface area contributed by atoms with Gasteiger partial charge in [-0.25, -0.2) is 9.78 Å². The summed E-state index contributed by atoms with van der Waals surface area (Å²) in [6.45, 7) is 6.96. The highest BCUT2D eigenvalue weighted by molar-refractivity contribution is 14.1. The lowest BCUT2D eigenvalue weighted by Crippen LogP contribution is -2.29. The molecule has 1 aromatic rings. The fourth-order valence-corrected chi connectivity index (χ4v) is 3.51. The minimum atomic E-state index is -0.860. The SMILES string of the molecule is CC(C)(C)c1[nH]c(C2CCCN2C(=O)O)nc1I. The van der Waals surface area contributed by atoms with Crippen LogP contribution in [0.3, 0.4) is 0 Å². The van der Waals surface area contributed by atoms with Gasteiger partial charge in [0.05, 0.1) is 11.7 Å². The molecule has 1 saturated heterocycles. The molecule has 1 amide bonds. The van der Waals surface area contributed by atoms with Crippen molar-refractivity contribution in [2.45, 2.75) is 45.1 Å². The quantitative estimate of drug-likeness (QED) is 0.754. The molecule has 1 fully saturated rings. The molecular weight excluding hydrogens is 345 g/mol. The Morgan fingerprint density at radius 3 is 2.72 bits per heavy atom. The highest BCUT2D eigenvalue weighted by Gasteiger charge is 2.33. The zero-order valence-electron chi connectivity index (χ0n) is 10.8. The number of aromatic amines is 1. The van der Waals surface area contributed by atoms with E-state index in [0.717, 1.165) is 28.1 Å². The number of carboxylic acid groups (broad SMARTS) is 1. The maximum Gasteiger partial charge on any atom is 0.407 e. The fourth-order valence-electron chi connectivity index (χ4n) is 2.30. The van der Waals surface area contributed by atoms with Crippen LogP contribution in [-0.2, 0) is 5.41 Å². The number of aromatic nitrogens is 2. The van der Waals surface area contributed by atoms with E-state index < -0.39 is 6.09 Å². The van der Waals surface area contributed by atoms with Gasteiger partial charge in [-0.15, -0.1) is 0 Å². The summed E-state index contributed by atoms with van der Waals surface area (Å²) in [5.74, 6) is 0.782. The monoisotopic (exact) mass is 363 g/mol. The molecule has 1 aliphatic rings. The number of hydrogen-bond donors (Lipinski definition) is 2. The second-order valence-electron chi connectivity index (χ2n) is 5.67.